The SMILES string of the molecule is O=C(O)c1sc(-c2ccccc2)cc1NCc1ccccc1.[H-].[Na+]. The first-order valence-corrected chi connectivity index (χ1v) is 7.76. The van der Waals surface area contributed by atoms with Crippen molar-refractivity contribution in [2.75, 3.05) is 5.32 Å². The van der Waals surface area contributed by atoms with Gasteiger partial charge in [0.15, 0.2) is 0 Å². The van der Waals surface area contributed by atoms with E-state index in [1.54, 1.807) is 0 Å². The molecule has 0 unspecified atom stereocenters. The number of benzene rings is 2. The van der Waals surface area contributed by atoms with Crippen LogP contribution in [0.1, 0.15) is 16.7 Å². The molecule has 1 aromatic heterocycles. The number of anilines is 1. The van der Waals surface area contributed by atoms with Crippen molar-refractivity contribution >= 4 is 23.0 Å². The average molecular weight is 333 g/mol. The van der Waals surface area contributed by atoms with Gasteiger partial charge in [-0.3, -0.25) is 0 Å². The first-order valence-electron chi connectivity index (χ1n) is 6.94. The van der Waals surface area contributed by atoms with Crippen LogP contribution in [0.3, 0.4) is 0 Å². The Morgan fingerprint density at radius 1 is 1.04 bits per heavy atom. The molecule has 5 heteroatoms. The van der Waals surface area contributed by atoms with E-state index in [0.29, 0.717) is 17.1 Å². The molecule has 3 rings (SSSR count). The smallest absolute Gasteiger partial charge is 1.00 e. The summed E-state index contributed by atoms with van der Waals surface area (Å²) in [5.41, 5.74) is 2.81. The number of carbonyl (C=O) groups is 1. The Kier molecular flexibility index (Phi) is 6.42. The minimum atomic E-state index is -0.900. The van der Waals surface area contributed by atoms with E-state index in [2.05, 4.69) is 5.32 Å². The minimum Gasteiger partial charge on any atom is -1.00 e. The van der Waals surface area contributed by atoms with Gasteiger partial charge < -0.3 is 11.8 Å². The second-order valence-electron chi connectivity index (χ2n) is 4.86. The molecule has 0 saturated carbocycles. The van der Waals surface area contributed by atoms with E-state index < -0.39 is 5.97 Å². The van der Waals surface area contributed by atoms with Crippen LogP contribution in [0.5, 0.6) is 0 Å². The maximum atomic E-state index is 11.4. The second-order valence-corrected chi connectivity index (χ2v) is 5.92. The monoisotopic (exact) mass is 333 g/mol. The number of thiophene rings is 1. The summed E-state index contributed by atoms with van der Waals surface area (Å²) in [6.07, 6.45) is 0. The number of carboxylic acid groups (broad SMARTS) is 1. The molecular weight excluding hydrogens is 317 g/mol. The summed E-state index contributed by atoms with van der Waals surface area (Å²) in [6.45, 7) is 0.603. The Balaban J connectivity index is 0.00000144. The van der Waals surface area contributed by atoms with Crippen LogP contribution in [-0.4, -0.2) is 11.1 Å². The fourth-order valence-electron chi connectivity index (χ4n) is 2.22. The predicted molar refractivity (Wildman–Crippen MR) is 91.6 cm³/mol. The molecule has 0 spiro atoms. The van der Waals surface area contributed by atoms with Crippen LogP contribution in [0.4, 0.5) is 5.69 Å². The second kappa shape index (κ2) is 8.31. The molecule has 0 aliphatic carbocycles. The topological polar surface area (TPSA) is 49.3 Å². The molecule has 1 heterocycles. The van der Waals surface area contributed by atoms with Crippen molar-refractivity contribution in [2.24, 2.45) is 0 Å². The van der Waals surface area contributed by atoms with Gasteiger partial charge in [0.25, 0.3) is 0 Å². The van der Waals surface area contributed by atoms with Gasteiger partial charge in [-0.15, -0.1) is 11.3 Å². The zero-order valence-corrected chi connectivity index (χ0v) is 15.6. The summed E-state index contributed by atoms with van der Waals surface area (Å²) in [4.78, 5) is 12.7. The number of aromatic carboxylic acids is 1. The van der Waals surface area contributed by atoms with E-state index in [-0.39, 0.29) is 31.0 Å². The summed E-state index contributed by atoms with van der Waals surface area (Å²) in [5.74, 6) is -0.900. The molecule has 0 saturated heterocycles. The fraction of sp³-hybridized carbons (Fsp3) is 0.0556. The Morgan fingerprint density at radius 2 is 1.65 bits per heavy atom. The van der Waals surface area contributed by atoms with E-state index in [9.17, 15) is 9.90 Å². The Labute approximate surface area is 162 Å². The Hall–Kier alpha value is -1.59. The van der Waals surface area contributed by atoms with Crippen LogP contribution >= 0.6 is 11.3 Å². The number of nitrogens with one attached hydrogen (secondary N) is 1. The molecule has 0 fully saturated rings. The summed E-state index contributed by atoms with van der Waals surface area (Å²) in [7, 11) is 0. The molecule has 2 aromatic carbocycles. The van der Waals surface area contributed by atoms with E-state index in [1.807, 2.05) is 66.7 Å². The summed E-state index contributed by atoms with van der Waals surface area (Å²) < 4.78 is 0. The quantitative estimate of drug-likeness (QED) is 0.701. The summed E-state index contributed by atoms with van der Waals surface area (Å²) >= 11 is 1.29. The van der Waals surface area contributed by atoms with Crippen molar-refractivity contribution in [3.8, 4) is 10.4 Å². The molecule has 0 bridgehead atoms. The van der Waals surface area contributed by atoms with Gasteiger partial charge in [0.1, 0.15) is 4.88 Å². The van der Waals surface area contributed by atoms with E-state index in [1.165, 1.54) is 11.3 Å². The van der Waals surface area contributed by atoms with Gasteiger partial charge in [-0.05, 0) is 17.2 Å². The Bertz CT molecular complexity index is 778. The van der Waals surface area contributed by atoms with Crippen LogP contribution in [0.15, 0.2) is 66.7 Å². The normalized spacial score (nSPS) is 9.91. The maximum absolute atomic E-state index is 11.4. The van der Waals surface area contributed by atoms with Gasteiger partial charge in [-0.2, -0.15) is 0 Å². The molecule has 23 heavy (non-hydrogen) atoms. The summed E-state index contributed by atoms with van der Waals surface area (Å²) in [6, 6.07) is 21.7. The fourth-order valence-corrected chi connectivity index (χ4v) is 3.20. The van der Waals surface area contributed by atoms with Gasteiger partial charge in [0.2, 0.25) is 0 Å². The van der Waals surface area contributed by atoms with Gasteiger partial charge in [0.05, 0.1) is 5.69 Å². The number of hydrogen-bond acceptors (Lipinski definition) is 3. The molecule has 0 radical (unpaired) electrons. The maximum Gasteiger partial charge on any atom is 1.00 e. The van der Waals surface area contributed by atoms with Crippen LogP contribution in [0, 0.1) is 0 Å². The van der Waals surface area contributed by atoms with Crippen molar-refractivity contribution in [1.82, 2.24) is 0 Å². The first-order chi connectivity index (χ1) is 10.7. The third-order valence-corrected chi connectivity index (χ3v) is 4.48. The third-order valence-electron chi connectivity index (χ3n) is 3.31. The first kappa shape index (κ1) is 17.8. The molecule has 0 aliphatic heterocycles. The number of rotatable bonds is 5. The minimum absolute atomic E-state index is 0. The van der Waals surface area contributed by atoms with E-state index in [4.69, 9.17) is 0 Å². The number of hydrogen-bond donors (Lipinski definition) is 2. The molecule has 112 valence electrons. The molecule has 0 aliphatic rings. The average Bonchev–Trinajstić information content (AvgIpc) is 2.99. The standard InChI is InChI=1S/C18H15NO2S.Na.H/c20-18(21)17-15(19-12-13-7-3-1-4-8-13)11-16(22-17)14-9-5-2-6-10-14;;/h1-11,19H,12H2,(H,20,21);;/q;+1;-1. The molecule has 2 N–H and O–H groups in total. The van der Waals surface area contributed by atoms with E-state index in [0.717, 1.165) is 16.0 Å². The summed E-state index contributed by atoms with van der Waals surface area (Å²) in [5, 5.41) is 12.6. The molecule has 3 aromatic rings. The van der Waals surface area contributed by atoms with Crippen molar-refractivity contribution in [3.05, 3.63) is 77.2 Å². The number of carboxylic acids is 1. The van der Waals surface area contributed by atoms with Gasteiger partial charge in [0, 0.05) is 11.4 Å². The zero-order chi connectivity index (χ0) is 15.4. The Morgan fingerprint density at radius 3 is 2.26 bits per heavy atom. The van der Waals surface area contributed by atoms with Crippen molar-refractivity contribution < 1.29 is 40.9 Å². The molecule has 3 nitrogen and oxygen atoms in total. The molecule has 0 atom stereocenters. The molecular formula is C18H16NNaO2S. The van der Waals surface area contributed by atoms with Gasteiger partial charge in [-0.1, -0.05) is 60.7 Å². The van der Waals surface area contributed by atoms with Crippen LogP contribution < -0.4 is 34.9 Å². The van der Waals surface area contributed by atoms with Crippen molar-refractivity contribution in [2.45, 2.75) is 6.54 Å². The largest absolute Gasteiger partial charge is 1.00 e. The van der Waals surface area contributed by atoms with E-state index >= 15 is 0 Å². The van der Waals surface area contributed by atoms with Gasteiger partial charge in [-0.25, -0.2) is 4.79 Å². The zero-order valence-electron chi connectivity index (χ0n) is 13.8. The van der Waals surface area contributed by atoms with Crippen LogP contribution in [0.25, 0.3) is 10.4 Å². The third kappa shape index (κ3) is 4.45. The van der Waals surface area contributed by atoms with Crippen LogP contribution in [0.2, 0.25) is 0 Å². The van der Waals surface area contributed by atoms with Crippen LogP contribution in [-0.2, 0) is 6.54 Å². The van der Waals surface area contributed by atoms with Crippen molar-refractivity contribution in [3.63, 3.8) is 0 Å². The molecule has 0 amide bonds. The predicted octanol–water partition coefficient (Wildman–Crippen LogP) is 1.84. The van der Waals surface area contributed by atoms with Crippen molar-refractivity contribution in [1.29, 1.82) is 0 Å². The van der Waals surface area contributed by atoms with Gasteiger partial charge >= 0.3 is 35.5 Å².